The van der Waals surface area contributed by atoms with Gasteiger partial charge < -0.3 is 10.1 Å². The van der Waals surface area contributed by atoms with Crippen LogP contribution in [0.2, 0.25) is 0 Å². The Labute approximate surface area is 121 Å². The van der Waals surface area contributed by atoms with Gasteiger partial charge in [-0.1, -0.05) is 31.2 Å². The molecule has 0 saturated carbocycles. The third kappa shape index (κ3) is 3.61. The lowest BCUT2D eigenvalue weighted by Crippen LogP contribution is -2.11. The Balaban J connectivity index is 2.19. The third-order valence-corrected chi connectivity index (χ3v) is 3.38. The van der Waals surface area contributed by atoms with E-state index >= 15 is 0 Å². The number of hydrogen-bond donors (Lipinski definition) is 1. The van der Waals surface area contributed by atoms with Crippen molar-refractivity contribution in [2.24, 2.45) is 0 Å². The molecule has 0 fully saturated rings. The number of ether oxygens (including phenoxy) is 1. The Morgan fingerprint density at radius 3 is 2.40 bits per heavy atom. The highest BCUT2D eigenvalue weighted by Gasteiger charge is 2.05. The van der Waals surface area contributed by atoms with Gasteiger partial charge >= 0.3 is 0 Å². The van der Waals surface area contributed by atoms with Crippen LogP contribution in [0.1, 0.15) is 29.2 Å². The molecule has 0 unspecified atom stereocenters. The van der Waals surface area contributed by atoms with Crippen molar-refractivity contribution in [1.82, 2.24) is 5.32 Å². The van der Waals surface area contributed by atoms with Crippen molar-refractivity contribution in [3.05, 3.63) is 58.7 Å². The van der Waals surface area contributed by atoms with Crippen molar-refractivity contribution in [1.29, 1.82) is 0 Å². The maximum absolute atomic E-state index is 6.06. The Hall–Kier alpha value is -1.80. The molecule has 0 bridgehead atoms. The molecule has 2 nitrogen and oxygen atoms in total. The summed E-state index contributed by atoms with van der Waals surface area (Å²) in [4.78, 5) is 0. The Bertz CT molecular complexity index is 590. The highest BCUT2D eigenvalue weighted by Crippen LogP contribution is 2.28. The van der Waals surface area contributed by atoms with Crippen molar-refractivity contribution in [2.45, 2.75) is 34.2 Å². The summed E-state index contributed by atoms with van der Waals surface area (Å²) in [6.45, 7) is 10.3. The van der Waals surface area contributed by atoms with Crippen LogP contribution < -0.4 is 10.1 Å². The molecule has 0 amide bonds. The minimum absolute atomic E-state index is 0.904. The summed E-state index contributed by atoms with van der Waals surface area (Å²) in [6.07, 6.45) is 0. The maximum atomic E-state index is 6.06. The van der Waals surface area contributed by atoms with Crippen LogP contribution in [0.5, 0.6) is 11.5 Å². The van der Waals surface area contributed by atoms with E-state index < -0.39 is 0 Å². The molecule has 0 heterocycles. The summed E-state index contributed by atoms with van der Waals surface area (Å²) < 4.78 is 6.06. The SMILES string of the molecule is CCNCc1ccc(Oc2cc(C)ccc2C)c(C)c1. The molecule has 2 rings (SSSR count). The fourth-order valence-corrected chi connectivity index (χ4v) is 2.14. The third-order valence-electron chi connectivity index (χ3n) is 3.38. The van der Waals surface area contributed by atoms with Crippen LogP contribution in [0.25, 0.3) is 0 Å². The highest BCUT2D eigenvalue weighted by molar-refractivity contribution is 5.43. The van der Waals surface area contributed by atoms with Gasteiger partial charge in [0.2, 0.25) is 0 Å². The lowest BCUT2D eigenvalue weighted by atomic mass is 10.1. The lowest BCUT2D eigenvalue weighted by molar-refractivity contribution is 0.474. The Kier molecular flexibility index (Phi) is 4.80. The monoisotopic (exact) mass is 269 g/mol. The molecule has 0 atom stereocenters. The van der Waals surface area contributed by atoms with Gasteiger partial charge in [0.1, 0.15) is 11.5 Å². The lowest BCUT2D eigenvalue weighted by Gasteiger charge is -2.13. The second-order valence-electron chi connectivity index (χ2n) is 5.25. The van der Waals surface area contributed by atoms with Gasteiger partial charge in [-0.05, 0) is 61.7 Å². The van der Waals surface area contributed by atoms with Gasteiger partial charge in [0.15, 0.2) is 0 Å². The first-order valence-corrected chi connectivity index (χ1v) is 7.15. The molecular weight excluding hydrogens is 246 g/mol. The summed E-state index contributed by atoms with van der Waals surface area (Å²) in [7, 11) is 0. The molecule has 20 heavy (non-hydrogen) atoms. The van der Waals surface area contributed by atoms with Crippen molar-refractivity contribution < 1.29 is 4.74 Å². The average Bonchev–Trinajstić information content (AvgIpc) is 2.43. The Morgan fingerprint density at radius 1 is 0.900 bits per heavy atom. The smallest absolute Gasteiger partial charge is 0.130 e. The van der Waals surface area contributed by atoms with Gasteiger partial charge in [-0.25, -0.2) is 0 Å². The van der Waals surface area contributed by atoms with Crippen molar-refractivity contribution in [3.63, 3.8) is 0 Å². The summed E-state index contributed by atoms with van der Waals surface area (Å²) in [5.41, 5.74) is 4.83. The molecular formula is C18H23NO. The highest BCUT2D eigenvalue weighted by atomic mass is 16.5. The van der Waals surface area contributed by atoms with Gasteiger partial charge in [-0.3, -0.25) is 0 Å². The van der Waals surface area contributed by atoms with E-state index in [1.54, 1.807) is 0 Å². The zero-order valence-corrected chi connectivity index (χ0v) is 12.8. The summed E-state index contributed by atoms with van der Waals surface area (Å²) in [5, 5.41) is 3.34. The van der Waals surface area contributed by atoms with Crippen LogP contribution in [-0.2, 0) is 6.54 Å². The van der Waals surface area contributed by atoms with Gasteiger partial charge in [0.25, 0.3) is 0 Å². The fraction of sp³-hybridized carbons (Fsp3) is 0.333. The van der Waals surface area contributed by atoms with Crippen LogP contribution in [0.4, 0.5) is 0 Å². The molecule has 2 aromatic rings. The van der Waals surface area contributed by atoms with Crippen LogP contribution in [0, 0.1) is 20.8 Å². The van der Waals surface area contributed by atoms with E-state index in [0.29, 0.717) is 0 Å². The summed E-state index contributed by atoms with van der Waals surface area (Å²) in [5.74, 6) is 1.87. The molecule has 0 aliphatic rings. The van der Waals surface area contributed by atoms with Crippen LogP contribution >= 0.6 is 0 Å². The standard InChI is InChI=1S/C18H23NO/c1-5-19-12-16-8-9-17(15(4)11-16)20-18-10-13(2)6-7-14(18)3/h6-11,19H,5,12H2,1-4H3. The van der Waals surface area contributed by atoms with E-state index in [-0.39, 0.29) is 0 Å². The van der Waals surface area contributed by atoms with E-state index in [9.17, 15) is 0 Å². The van der Waals surface area contributed by atoms with Crippen molar-refractivity contribution in [3.8, 4) is 11.5 Å². The predicted octanol–water partition coefficient (Wildman–Crippen LogP) is 4.51. The van der Waals surface area contributed by atoms with Gasteiger partial charge in [-0.2, -0.15) is 0 Å². The molecule has 1 N–H and O–H groups in total. The molecule has 0 aromatic heterocycles. The van der Waals surface area contributed by atoms with Gasteiger partial charge in [0.05, 0.1) is 0 Å². The summed E-state index contributed by atoms with van der Waals surface area (Å²) in [6, 6.07) is 12.7. The normalized spacial score (nSPS) is 10.6. The predicted molar refractivity (Wildman–Crippen MR) is 84.5 cm³/mol. The van der Waals surface area contributed by atoms with E-state index in [2.05, 4.69) is 69.4 Å². The van der Waals surface area contributed by atoms with Crippen LogP contribution in [-0.4, -0.2) is 6.54 Å². The first kappa shape index (κ1) is 14.6. The zero-order valence-electron chi connectivity index (χ0n) is 12.8. The number of nitrogens with one attached hydrogen (secondary N) is 1. The second kappa shape index (κ2) is 6.58. The molecule has 0 aliphatic heterocycles. The first-order chi connectivity index (χ1) is 9.60. The second-order valence-corrected chi connectivity index (χ2v) is 5.25. The molecule has 0 spiro atoms. The first-order valence-electron chi connectivity index (χ1n) is 7.15. The van der Waals surface area contributed by atoms with Gasteiger partial charge in [0, 0.05) is 6.54 Å². The van der Waals surface area contributed by atoms with Crippen molar-refractivity contribution in [2.75, 3.05) is 6.54 Å². The Morgan fingerprint density at radius 2 is 1.70 bits per heavy atom. The molecule has 0 saturated heterocycles. The molecule has 2 aromatic carbocycles. The maximum Gasteiger partial charge on any atom is 0.130 e. The quantitative estimate of drug-likeness (QED) is 0.862. The van der Waals surface area contributed by atoms with E-state index in [4.69, 9.17) is 4.74 Å². The number of hydrogen-bond acceptors (Lipinski definition) is 2. The van der Waals surface area contributed by atoms with Crippen LogP contribution in [0.15, 0.2) is 36.4 Å². The fourth-order valence-electron chi connectivity index (χ4n) is 2.14. The molecule has 0 aliphatic carbocycles. The summed E-state index contributed by atoms with van der Waals surface area (Å²) >= 11 is 0. The number of rotatable bonds is 5. The van der Waals surface area contributed by atoms with E-state index in [1.807, 2.05) is 0 Å². The number of benzene rings is 2. The van der Waals surface area contributed by atoms with Crippen LogP contribution in [0.3, 0.4) is 0 Å². The topological polar surface area (TPSA) is 21.3 Å². The van der Waals surface area contributed by atoms with Crippen molar-refractivity contribution >= 4 is 0 Å². The largest absolute Gasteiger partial charge is 0.457 e. The van der Waals surface area contributed by atoms with E-state index in [0.717, 1.165) is 30.2 Å². The molecule has 0 radical (unpaired) electrons. The molecule has 2 heteroatoms. The van der Waals surface area contributed by atoms with Gasteiger partial charge in [-0.15, -0.1) is 0 Å². The minimum atomic E-state index is 0.904. The minimum Gasteiger partial charge on any atom is -0.457 e. The average molecular weight is 269 g/mol. The van der Waals surface area contributed by atoms with E-state index in [1.165, 1.54) is 16.7 Å². The number of aryl methyl sites for hydroxylation is 3. The zero-order chi connectivity index (χ0) is 14.5. The molecule has 106 valence electrons.